The van der Waals surface area contributed by atoms with Crippen molar-refractivity contribution in [2.24, 2.45) is 0 Å². The van der Waals surface area contributed by atoms with Crippen LogP contribution in [0, 0.1) is 0 Å². The molecule has 1 aromatic carbocycles. The van der Waals surface area contributed by atoms with Crippen molar-refractivity contribution in [3.63, 3.8) is 0 Å². The lowest BCUT2D eigenvalue weighted by atomic mass is 10.0. The molecular weight excluding hydrogens is 284 g/mol. The molecule has 1 atom stereocenters. The van der Waals surface area contributed by atoms with E-state index in [0.717, 1.165) is 12.8 Å². The Hall–Kier alpha value is -2.24. The lowest BCUT2D eigenvalue weighted by Crippen LogP contribution is -2.49. The Bertz CT molecular complexity index is 533. The molecule has 6 heteroatoms. The van der Waals surface area contributed by atoms with Crippen LogP contribution < -0.4 is 10.1 Å². The van der Waals surface area contributed by atoms with Crippen LogP contribution >= 0.6 is 0 Å². The predicted octanol–water partition coefficient (Wildman–Crippen LogP) is 2.05. The number of likely N-dealkylation sites (tertiary alicyclic amines) is 1. The number of nitrogens with one attached hydrogen (secondary N) is 1. The highest BCUT2D eigenvalue weighted by Crippen LogP contribution is 2.17. The van der Waals surface area contributed by atoms with Crippen LogP contribution in [-0.2, 0) is 4.74 Å². The maximum atomic E-state index is 12.6. The van der Waals surface area contributed by atoms with Gasteiger partial charge in [-0.3, -0.25) is 4.79 Å². The molecule has 0 aromatic heterocycles. The third kappa shape index (κ3) is 4.13. The lowest BCUT2D eigenvalue weighted by molar-refractivity contribution is 0.0686. The summed E-state index contributed by atoms with van der Waals surface area (Å²) in [6.07, 6.45) is 1.27. The summed E-state index contributed by atoms with van der Waals surface area (Å²) in [6, 6.07) is 7.03. The van der Waals surface area contributed by atoms with E-state index in [1.807, 2.05) is 0 Å². The first-order valence-corrected chi connectivity index (χ1v) is 7.50. The number of benzene rings is 1. The van der Waals surface area contributed by atoms with Crippen molar-refractivity contribution in [1.29, 1.82) is 0 Å². The van der Waals surface area contributed by atoms with Crippen molar-refractivity contribution < 1.29 is 19.1 Å². The molecule has 1 aromatic rings. The zero-order chi connectivity index (χ0) is 15.9. The number of carbonyl (C=O) groups is 2. The van der Waals surface area contributed by atoms with E-state index in [4.69, 9.17) is 9.47 Å². The minimum absolute atomic E-state index is 0.0470. The first-order chi connectivity index (χ1) is 10.6. The highest BCUT2D eigenvalue weighted by atomic mass is 16.5. The van der Waals surface area contributed by atoms with Gasteiger partial charge >= 0.3 is 6.09 Å². The molecule has 1 heterocycles. The molecule has 1 fully saturated rings. The highest BCUT2D eigenvalue weighted by molar-refractivity contribution is 5.94. The monoisotopic (exact) mass is 306 g/mol. The number of piperidine rings is 1. The van der Waals surface area contributed by atoms with Gasteiger partial charge in [-0.15, -0.1) is 0 Å². The van der Waals surface area contributed by atoms with E-state index in [0.29, 0.717) is 31.0 Å². The van der Waals surface area contributed by atoms with Gasteiger partial charge in [-0.1, -0.05) is 6.07 Å². The predicted molar refractivity (Wildman–Crippen MR) is 82.1 cm³/mol. The molecule has 0 saturated carbocycles. The molecule has 0 spiro atoms. The Morgan fingerprint density at radius 3 is 2.95 bits per heavy atom. The van der Waals surface area contributed by atoms with Crippen LogP contribution in [0.2, 0.25) is 0 Å². The van der Waals surface area contributed by atoms with Crippen LogP contribution in [0.3, 0.4) is 0 Å². The second-order valence-corrected chi connectivity index (χ2v) is 5.19. The Morgan fingerprint density at radius 2 is 2.23 bits per heavy atom. The van der Waals surface area contributed by atoms with Crippen molar-refractivity contribution in [2.45, 2.75) is 25.8 Å². The van der Waals surface area contributed by atoms with Crippen LogP contribution in [0.25, 0.3) is 0 Å². The fourth-order valence-corrected chi connectivity index (χ4v) is 2.56. The normalized spacial score (nSPS) is 17.7. The first kappa shape index (κ1) is 16.1. The molecule has 1 aliphatic rings. The van der Waals surface area contributed by atoms with Gasteiger partial charge in [-0.05, 0) is 38.0 Å². The molecule has 1 N–H and O–H groups in total. The topological polar surface area (TPSA) is 67.9 Å². The summed E-state index contributed by atoms with van der Waals surface area (Å²) in [5.41, 5.74) is 0.594. The van der Waals surface area contributed by atoms with Crippen LogP contribution in [0.4, 0.5) is 4.79 Å². The molecule has 2 rings (SSSR count). The quantitative estimate of drug-likeness (QED) is 0.924. The molecule has 2 amide bonds. The van der Waals surface area contributed by atoms with E-state index in [-0.39, 0.29) is 11.9 Å². The number of amides is 2. The van der Waals surface area contributed by atoms with Crippen molar-refractivity contribution >= 4 is 12.0 Å². The zero-order valence-electron chi connectivity index (χ0n) is 13.0. The van der Waals surface area contributed by atoms with Crippen LogP contribution in [0.1, 0.15) is 30.1 Å². The fourth-order valence-electron chi connectivity index (χ4n) is 2.56. The maximum absolute atomic E-state index is 12.6. The van der Waals surface area contributed by atoms with Crippen molar-refractivity contribution in [1.82, 2.24) is 10.2 Å². The molecule has 6 nitrogen and oxygen atoms in total. The number of rotatable bonds is 4. The average molecular weight is 306 g/mol. The molecular formula is C16H22N2O4. The standard InChI is InChI=1S/C16H22N2O4/c1-3-22-16(20)17-13-7-5-9-18(11-13)15(19)12-6-4-8-14(10-12)21-2/h4,6,8,10,13H,3,5,7,9,11H2,1-2H3,(H,17,20)/t13-/m0/s1. The molecule has 120 valence electrons. The smallest absolute Gasteiger partial charge is 0.407 e. The highest BCUT2D eigenvalue weighted by Gasteiger charge is 2.25. The number of ether oxygens (including phenoxy) is 2. The van der Waals surface area contributed by atoms with E-state index in [2.05, 4.69) is 5.32 Å². The minimum atomic E-state index is -0.428. The summed E-state index contributed by atoms with van der Waals surface area (Å²) in [4.78, 5) is 25.8. The maximum Gasteiger partial charge on any atom is 0.407 e. The van der Waals surface area contributed by atoms with Gasteiger partial charge in [-0.2, -0.15) is 0 Å². The van der Waals surface area contributed by atoms with E-state index < -0.39 is 6.09 Å². The van der Waals surface area contributed by atoms with E-state index in [1.165, 1.54) is 0 Å². The number of hydrogen-bond acceptors (Lipinski definition) is 4. The van der Waals surface area contributed by atoms with Crippen LogP contribution in [0.15, 0.2) is 24.3 Å². The van der Waals surface area contributed by atoms with Gasteiger partial charge in [0.2, 0.25) is 0 Å². The SMILES string of the molecule is CCOC(=O)N[C@H]1CCCN(C(=O)c2cccc(OC)c2)C1. The van der Waals surface area contributed by atoms with E-state index >= 15 is 0 Å². The summed E-state index contributed by atoms with van der Waals surface area (Å²) in [5.74, 6) is 0.610. The van der Waals surface area contributed by atoms with Gasteiger partial charge in [-0.25, -0.2) is 4.79 Å². The number of carbonyl (C=O) groups excluding carboxylic acids is 2. The third-order valence-corrected chi connectivity index (χ3v) is 3.62. The van der Waals surface area contributed by atoms with Crippen molar-refractivity contribution in [3.8, 4) is 5.75 Å². The zero-order valence-corrected chi connectivity index (χ0v) is 13.0. The van der Waals surface area contributed by atoms with Gasteiger partial charge in [0.15, 0.2) is 0 Å². The number of alkyl carbamates (subject to hydrolysis) is 1. The second-order valence-electron chi connectivity index (χ2n) is 5.19. The molecule has 22 heavy (non-hydrogen) atoms. The van der Waals surface area contributed by atoms with Gasteiger partial charge < -0.3 is 19.7 Å². The number of methoxy groups -OCH3 is 1. The summed E-state index contributed by atoms with van der Waals surface area (Å²) in [7, 11) is 1.57. The Morgan fingerprint density at radius 1 is 1.41 bits per heavy atom. The van der Waals surface area contributed by atoms with Crippen LogP contribution in [-0.4, -0.2) is 49.7 Å². The Kier molecular flexibility index (Phi) is 5.63. The summed E-state index contributed by atoms with van der Waals surface area (Å²) in [5, 5.41) is 2.80. The van der Waals surface area contributed by atoms with Gasteiger partial charge in [0.1, 0.15) is 5.75 Å². The molecule has 0 radical (unpaired) electrons. The largest absolute Gasteiger partial charge is 0.497 e. The fraction of sp³-hybridized carbons (Fsp3) is 0.500. The summed E-state index contributed by atoms with van der Waals surface area (Å²) in [6.45, 7) is 3.29. The van der Waals surface area contributed by atoms with Gasteiger partial charge in [0.25, 0.3) is 5.91 Å². The van der Waals surface area contributed by atoms with Gasteiger partial charge in [0, 0.05) is 24.7 Å². The Balaban J connectivity index is 1.99. The molecule has 0 aliphatic carbocycles. The van der Waals surface area contributed by atoms with Crippen molar-refractivity contribution in [2.75, 3.05) is 26.8 Å². The third-order valence-electron chi connectivity index (χ3n) is 3.62. The number of hydrogen-bond donors (Lipinski definition) is 1. The average Bonchev–Trinajstić information content (AvgIpc) is 2.54. The Labute approximate surface area is 130 Å². The second kappa shape index (κ2) is 7.68. The number of nitrogens with zero attached hydrogens (tertiary/aromatic N) is 1. The van der Waals surface area contributed by atoms with E-state index in [1.54, 1.807) is 43.2 Å². The lowest BCUT2D eigenvalue weighted by Gasteiger charge is -2.33. The summed E-state index contributed by atoms with van der Waals surface area (Å²) < 4.78 is 10.0. The minimum Gasteiger partial charge on any atom is -0.497 e. The first-order valence-electron chi connectivity index (χ1n) is 7.50. The molecule has 1 aliphatic heterocycles. The molecule has 0 bridgehead atoms. The summed E-state index contributed by atoms with van der Waals surface area (Å²) >= 11 is 0. The van der Waals surface area contributed by atoms with Crippen LogP contribution in [0.5, 0.6) is 5.75 Å². The van der Waals surface area contributed by atoms with E-state index in [9.17, 15) is 9.59 Å². The van der Waals surface area contributed by atoms with Gasteiger partial charge in [0.05, 0.1) is 13.7 Å². The molecule has 0 unspecified atom stereocenters. The molecule has 1 saturated heterocycles. The van der Waals surface area contributed by atoms with Crippen molar-refractivity contribution in [3.05, 3.63) is 29.8 Å².